The van der Waals surface area contributed by atoms with Gasteiger partial charge in [-0.15, -0.1) is 11.3 Å². The Labute approximate surface area is 433 Å². The van der Waals surface area contributed by atoms with Crippen molar-refractivity contribution in [1.29, 1.82) is 0 Å². The molecule has 346 valence electrons. The van der Waals surface area contributed by atoms with Crippen molar-refractivity contribution in [2.45, 2.75) is 5.41 Å². The first-order valence-corrected chi connectivity index (χ1v) is 26.2. The van der Waals surface area contributed by atoms with Crippen LogP contribution in [0.15, 0.2) is 277 Å². The number of anilines is 3. The monoisotopic (exact) mass is 959 g/mol. The molecule has 0 aliphatic heterocycles. The van der Waals surface area contributed by atoms with Gasteiger partial charge in [-0.1, -0.05) is 182 Å². The highest BCUT2D eigenvalue weighted by atomic mass is 32.1. The maximum Gasteiger partial charge on any atom is 0.135 e. The second-order valence-electron chi connectivity index (χ2n) is 19.6. The van der Waals surface area contributed by atoms with Gasteiger partial charge in [-0.05, 0) is 169 Å². The van der Waals surface area contributed by atoms with Gasteiger partial charge in [0, 0.05) is 48.0 Å². The fourth-order valence-corrected chi connectivity index (χ4v) is 13.2. The second kappa shape index (κ2) is 16.9. The summed E-state index contributed by atoms with van der Waals surface area (Å²) in [7, 11) is 0. The fourth-order valence-electron chi connectivity index (χ4n) is 12.1. The lowest BCUT2D eigenvalue weighted by Crippen LogP contribution is -2.28. The number of para-hydroxylation sites is 1. The van der Waals surface area contributed by atoms with Crippen LogP contribution in [0.4, 0.5) is 17.1 Å². The molecular formula is C71H45NOS. The van der Waals surface area contributed by atoms with Crippen LogP contribution in [0.25, 0.3) is 97.4 Å². The van der Waals surface area contributed by atoms with Gasteiger partial charge in [-0.3, -0.25) is 0 Å². The van der Waals surface area contributed by atoms with E-state index in [1.807, 2.05) is 17.4 Å². The average molecular weight is 960 g/mol. The molecule has 0 saturated heterocycles. The number of hydrogen-bond donors (Lipinski definition) is 0. The summed E-state index contributed by atoms with van der Waals surface area (Å²) in [6.07, 6.45) is 0. The van der Waals surface area contributed by atoms with Crippen LogP contribution in [-0.4, -0.2) is 0 Å². The number of benzene rings is 12. The van der Waals surface area contributed by atoms with Crippen molar-refractivity contribution >= 4 is 81.3 Å². The van der Waals surface area contributed by atoms with Crippen molar-refractivity contribution in [3.63, 3.8) is 0 Å². The number of fused-ring (bicyclic) bond motifs is 10. The van der Waals surface area contributed by atoms with Gasteiger partial charge in [0.25, 0.3) is 0 Å². The van der Waals surface area contributed by atoms with E-state index in [1.165, 1.54) is 75.5 Å². The maximum atomic E-state index is 6.30. The summed E-state index contributed by atoms with van der Waals surface area (Å²) in [4.78, 5) is 2.44. The molecule has 2 aromatic heterocycles. The predicted molar refractivity (Wildman–Crippen MR) is 312 cm³/mol. The lowest BCUT2D eigenvalue weighted by molar-refractivity contribution is 0.669. The van der Waals surface area contributed by atoms with Crippen molar-refractivity contribution < 1.29 is 4.42 Å². The van der Waals surface area contributed by atoms with Crippen LogP contribution in [-0.2, 0) is 5.41 Å². The van der Waals surface area contributed by atoms with Crippen molar-refractivity contribution in [3.8, 4) is 44.5 Å². The zero-order valence-electron chi connectivity index (χ0n) is 40.2. The summed E-state index contributed by atoms with van der Waals surface area (Å²) < 4.78 is 8.91. The third kappa shape index (κ3) is 6.71. The molecule has 0 N–H and O–H groups in total. The minimum atomic E-state index is -0.525. The molecule has 0 radical (unpaired) electrons. The van der Waals surface area contributed by atoms with Crippen LogP contribution in [0.5, 0.6) is 0 Å². The smallest absolute Gasteiger partial charge is 0.135 e. The van der Waals surface area contributed by atoms with Crippen molar-refractivity contribution in [3.05, 3.63) is 295 Å². The van der Waals surface area contributed by atoms with Crippen molar-refractivity contribution in [2.75, 3.05) is 4.90 Å². The molecule has 0 saturated carbocycles. The minimum Gasteiger partial charge on any atom is -0.456 e. The van der Waals surface area contributed by atoms with Crippen LogP contribution >= 0.6 is 11.3 Å². The predicted octanol–water partition coefficient (Wildman–Crippen LogP) is 19.9. The molecule has 0 fully saturated rings. The molecule has 2 heterocycles. The molecule has 0 atom stereocenters. The van der Waals surface area contributed by atoms with Crippen LogP contribution in [0.1, 0.15) is 22.3 Å². The Morgan fingerprint density at radius 3 is 1.62 bits per heavy atom. The Morgan fingerprint density at radius 1 is 0.297 bits per heavy atom. The normalized spacial score (nSPS) is 12.7. The molecule has 0 amide bonds. The third-order valence-corrected chi connectivity index (χ3v) is 16.7. The van der Waals surface area contributed by atoms with Crippen LogP contribution in [0.2, 0.25) is 0 Å². The van der Waals surface area contributed by atoms with E-state index in [9.17, 15) is 0 Å². The highest BCUT2D eigenvalue weighted by molar-refractivity contribution is 7.25. The molecule has 0 bridgehead atoms. The minimum absolute atomic E-state index is 0.525. The Kier molecular flexibility index (Phi) is 9.70. The number of nitrogens with zero attached hydrogens (tertiary/aromatic N) is 1. The summed E-state index contributed by atoms with van der Waals surface area (Å²) >= 11 is 1.86. The van der Waals surface area contributed by atoms with E-state index >= 15 is 0 Å². The van der Waals surface area contributed by atoms with Gasteiger partial charge in [0.15, 0.2) is 0 Å². The molecule has 1 aliphatic carbocycles. The zero-order valence-corrected chi connectivity index (χ0v) is 41.1. The summed E-state index contributed by atoms with van der Waals surface area (Å²) in [6, 6.07) is 101. The van der Waals surface area contributed by atoms with E-state index in [0.29, 0.717) is 0 Å². The number of thiophene rings is 1. The van der Waals surface area contributed by atoms with Gasteiger partial charge in [0.05, 0.1) is 5.41 Å². The van der Waals surface area contributed by atoms with Gasteiger partial charge >= 0.3 is 0 Å². The Morgan fingerprint density at radius 2 is 0.838 bits per heavy atom. The van der Waals surface area contributed by atoms with E-state index < -0.39 is 5.41 Å². The third-order valence-electron chi connectivity index (χ3n) is 15.5. The summed E-state index contributed by atoms with van der Waals surface area (Å²) in [5.41, 5.74) is 19.1. The van der Waals surface area contributed by atoms with E-state index in [0.717, 1.165) is 61.3 Å². The van der Waals surface area contributed by atoms with Crippen LogP contribution in [0.3, 0.4) is 0 Å². The maximum absolute atomic E-state index is 6.30. The van der Waals surface area contributed by atoms with Crippen LogP contribution in [0, 0.1) is 0 Å². The molecule has 12 aromatic carbocycles. The molecular weight excluding hydrogens is 915 g/mol. The molecule has 3 heteroatoms. The van der Waals surface area contributed by atoms with Gasteiger partial charge in [0.1, 0.15) is 11.2 Å². The second-order valence-corrected chi connectivity index (χ2v) is 20.7. The Bertz CT molecular complexity index is 4320. The molecule has 0 unspecified atom stereocenters. The van der Waals surface area contributed by atoms with E-state index in [4.69, 9.17) is 4.42 Å². The SMILES string of the molecule is c1ccc(C2(c3ccccc3)c3ccccc3-c3ccc(N(c4ccc(-c5cc(-c6ccc7oc8ccccc8c7c6)cc(-c6ccc7sc8ccccc8c7c6)c5)cc4)c4ccc5ccccc5c4)cc32)cc1. The zero-order chi connectivity index (χ0) is 48.7. The van der Waals surface area contributed by atoms with E-state index in [-0.39, 0.29) is 0 Å². The number of furan rings is 1. The molecule has 2 nitrogen and oxygen atoms in total. The van der Waals surface area contributed by atoms with Crippen molar-refractivity contribution in [2.24, 2.45) is 0 Å². The summed E-state index contributed by atoms with van der Waals surface area (Å²) in [5.74, 6) is 0. The first kappa shape index (κ1) is 42.4. The molecule has 15 rings (SSSR count). The molecule has 0 spiro atoms. The summed E-state index contributed by atoms with van der Waals surface area (Å²) in [6.45, 7) is 0. The Balaban J connectivity index is 0.902. The Hall–Kier alpha value is -9.28. The standard InChI is InChI=1S/C71H45NOS/c1-3-17-54(18-4-1)71(55-19-5-2-6-20-55)65-24-12-9-21-59(65)60-36-35-58(45-66(60)71)72(57-34-29-46-15-7-8-16-48(46)42-57)56-32-27-47(28-33-56)51-39-52(49-30-37-68-63(43-49)61-22-10-13-25-67(61)73-68)41-53(40-51)50-31-38-70-64(44-50)62-23-11-14-26-69(62)74-70/h1-45H. The van der Waals surface area contributed by atoms with Gasteiger partial charge in [0.2, 0.25) is 0 Å². The fraction of sp³-hybridized carbons (Fsp3) is 0.0141. The lowest BCUT2D eigenvalue weighted by Gasteiger charge is -2.35. The van der Waals surface area contributed by atoms with Gasteiger partial charge < -0.3 is 9.32 Å². The van der Waals surface area contributed by atoms with Crippen LogP contribution < -0.4 is 4.90 Å². The highest BCUT2D eigenvalue weighted by Gasteiger charge is 2.46. The van der Waals surface area contributed by atoms with E-state index in [2.05, 4.69) is 272 Å². The topological polar surface area (TPSA) is 16.4 Å². The van der Waals surface area contributed by atoms with Gasteiger partial charge in [-0.25, -0.2) is 0 Å². The average Bonchev–Trinajstić information content (AvgIpc) is 4.14. The quantitative estimate of drug-likeness (QED) is 0.151. The first-order valence-electron chi connectivity index (χ1n) is 25.4. The molecule has 1 aliphatic rings. The molecule has 14 aromatic rings. The van der Waals surface area contributed by atoms with Gasteiger partial charge in [-0.2, -0.15) is 0 Å². The van der Waals surface area contributed by atoms with E-state index in [1.54, 1.807) is 0 Å². The first-order chi connectivity index (χ1) is 36.6. The summed E-state index contributed by atoms with van der Waals surface area (Å²) in [5, 5.41) is 7.25. The molecule has 74 heavy (non-hydrogen) atoms. The number of hydrogen-bond acceptors (Lipinski definition) is 3. The lowest BCUT2D eigenvalue weighted by atomic mass is 9.67. The largest absolute Gasteiger partial charge is 0.456 e. The number of rotatable bonds is 8. The van der Waals surface area contributed by atoms with Crippen molar-refractivity contribution in [1.82, 2.24) is 0 Å². The highest BCUT2D eigenvalue weighted by Crippen LogP contribution is 2.57.